The number of aryl methyl sites for hydroxylation is 1. The first-order chi connectivity index (χ1) is 14.2. The summed E-state index contributed by atoms with van der Waals surface area (Å²) < 4.78 is 27.0. The molecular weight excluding hydrogens is 470 g/mol. The highest BCUT2D eigenvalue weighted by Gasteiger charge is 2.22. The van der Waals surface area contributed by atoms with E-state index in [0.29, 0.717) is 11.3 Å². The Morgan fingerprint density at radius 3 is 2.47 bits per heavy atom. The highest BCUT2D eigenvalue weighted by Crippen LogP contribution is 2.22. The third-order valence-electron chi connectivity index (χ3n) is 5.01. The van der Waals surface area contributed by atoms with Gasteiger partial charge in [-0.15, -0.1) is 0 Å². The lowest BCUT2D eigenvalue weighted by Gasteiger charge is -2.35. The molecule has 0 saturated carbocycles. The van der Waals surface area contributed by atoms with Crippen molar-refractivity contribution in [2.24, 2.45) is 0 Å². The molecule has 0 radical (unpaired) electrons. The van der Waals surface area contributed by atoms with E-state index < -0.39 is 10.0 Å². The molecule has 8 nitrogen and oxygen atoms in total. The van der Waals surface area contributed by atoms with E-state index in [-0.39, 0.29) is 17.3 Å². The second kappa shape index (κ2) is 9.42. The van der Waals surface area contributed by atoms with Crippen LogP contribution in [0.1, 0.15) is 5.56 Å². The van der Waals surface area contributed by atoms with Gasteiger partial charge in [-0.3, -0.25) is 9.69 Å². The smallest absolute Gasteiger partial charge is 0.242 e. The first-order valence-electron chi connectivity index (χ1n) is 9.59. The number of carbonyl (C=O) groups excluding carboxylic acids is 1. The second-order valence-corrected chi connectivity index (χ2v) is 10.4. The van der Waals surface area contributed by atoms with Gasteiger partial charge in [0.25, 0.3) is 0 Å². The average molecular weight is 496 g/mol. The third kappa shape index (κ3) is 5.37. The molecule has 30 heavy (non-hydrogen) atoms. The highest BCUT2D eigenvalue weighted by atomic mass is 79.9. The van der Waals surface area contributed by atoms with Gasteiger partial charge in [-0.05, 0) is 52.7 Å². The Kier molecular flexibility index (Phi) is 7.12. The van der Waals surface area contributed by atoms with Crippen LogP contribution in [-0.4, -0.2) is 75.3 Å². The lowest BCUT2D eigenvalue weighted by molar-refractivity contribution is -0.117. The van der Waals surface area contributed by atoms with Gasteiger partial charge >= 0.3 is 0 Å². The largest absolute Gasteiger partial charge is 0.354 e. The third-order valence-corrected chi connectivity index (χ3v) is 7.43. The number of carbonyl (C=O) groups is 1. The number of nitrogens with one attached hydrogen (secondary N) is 1. The van der Waals surface area contributed by atoms with Crippen molar-refractivity contribution in [2.75, 3.05) is 57.0 Å². The van der Waals surface area contributed by atoms with Crippen molar-refractivity contribution in [1.29, 1.82) is 0 Å². The molecule has 1 amide bonds. The van der Waals surface area contributed by atoms with Crippen LogP contribution in [0.4, 0.5) is 11.5 Å². The first-order valence-corrected chi connectivity index (χ1v) is 11.8. The molecule has 3 rings (SSSR count). The zero-order valence-electron chi connectivity index (χ0n) is 17.3. The van der Waals surface area contributed by atoms with Crippen LogP contribution in [0.5, 0.6) is 0 Å². The molecule has 0 bridgehead atoms. The fourth-order valence-electron chi connectivity index (χ4n) is 3.25. The molecule has 0 spiro atoms. The number of aromatic nitrogens is 1. The summed E-state index contributed by atoms with van der Waals surface area (Å²) in [4.78, 5) is 21.4. The quantitative estimate of drug-likeness (QED) is 0.660. The molecule has 1 aliphatic heterocycles. The molecule has 2 aromatic rings. The minimum atomic E-state index is -3.57. The lowest BCUT2D eigenvalue weighted by atomic mass is 10.2. The number of amides is 1. The molecule has 1 fully saturated rings. The number of piperazine rings is 1. The van der Waals surface area contributed by atoms with Gasteiger partial charge in [0, 0.05) is 56.6 Å². The van der Waals surface area contributed by atoms with Gasteiger partial charge in [-0.1, -0.05) is 6.07 Å². The molecule has 1 aromatic carbocycles. The lowest BCUT2D eigenvalue weighted by Crippen LogP contribution is -2.48. The number of hydrogen-bond donors (Lipinski definition) is 1. The number of benzene rings is 1. The molecule has 162 valence electrons. The summed E-state index contributed by atoms with van der Waals surface area (Å²) in [5.41, 5.74) is 1.11. The summed E-state index contributed by atoms with van der Waals surface area (Å²) >= 11 is 3.39. The summed E-state index contributed by atoms with van der Waals surface area (Å²) in [5.74, 6) is 0.763. The zero-order valence-corrected chi connectivity index (χ0v) is 19.7. The number of halogens is 1. The van der Waals surface area contributed by atoms with Gasteiger partial charge in [0.05, 0.1) is 11.4 Å². The van der Waals surface area contributed by atoms with E-state index in [4.69, 9.17) is 0 Å². The van der Waals surface area contributed by atoms with E-state index in [1.807, 2.05) is 12.1 Å². The molecule has 2 heterocycles. The topological polar surface area (TPSA) is 85.9 Å². The van der Waals surface area contributed by atoms with Gasteiger partial charge in [0.15, 0.2) is 0 Å². The van der Waals surface area contributed by atoms with Crippen molar-refractivity contribution in [3.8, 4) is 0 Å². The minimum absolute atomic E-state index is 0.165. The summed E-state index contributed by atoms with van der Waals surface area (Å²) in [6.07, 6.45) is 1.78. The van der Waals surface area contributed by atoms with Crippen LogP contribution >= 0.6 is 15.9 Å². The fourth-order valence-corrected chi connectivity index (χ4v) is 4.62. The van der Waals surface area contributed by atoms with Crippen LogP contribution in [0.25, 0.3) is 0 Å². The normalized spacial score (nSPS) is 15.4. The number of hydrogen-bond acceptors (Lipinski definition) is 6. The molecular formula is C20H26BrN5O3S. The number of anilines is 2. The Labute approximate surface area is 186 Å². The van der Waals surface area contributed by atoms with E-state index in [2.05, 4.69) is 36.0 Å². The summed E-state index contributed by atoms with van der Waals surface area (Å²) in [5, 5.41) is 2.82. The van der Waals surface area contributed by atoms with Crippen LogP contribution in [0.15, 0.2) is 45.9 Å². The molecule has 1 N–H and O–H groups in total. The standard InChI is InChI=1S/C20H26BrN5O3S/c1-15-4-6-17(12-18(15)30(28,29)24(2)3)23-20(27)14-25-8-10-26(11-9-25)19-7-5-16(21)13-22-19/h4-7,12-13H,8-11,14H2,1-3H3,(H,23,27). The maximum atomic E-state index is 12.5. The van der Waals surface area contributed by atoms with E-state index in [1.54, 1.807) is 25.3 Å². The maximum absolute atomic E-state index is 12.5. The fraction of sp³-hybridized carbons (Fsp3) is 0.400. The number of pyridine rings is 1. The molecule has 0 aliphatic carbocycles. The molecule has 0 unspecified atom stereocenters. The molecule has 1 aromatic heterocycles. The van der Waals surface area contributed by atoms with Crippen molar-refractivity contribution in [3.63, 3.8) is 0 Å². The van der Waals surface area contributed by atoms with Crippen LogP contribution in [-0.2, 0) is 14.8 Å². The van der Waals surface area contributed by atoms with E-state index in [9.17, 15) is 13.2 Å². The van der Waals surface area contributed by atoms with Crippen molar-refractivity contribution in [1.82, 2.24) is 14.2 Å². The van der Waals surface area contributed by atoms with Crippen LogP contribution in [0.3, 0.4) is 0 Å². The van der Waals surface area contributed by atoms with E-state index >= 15 is 0 Å². The Morgan fingerprint density at radius 1 is 1.17 bits per heavy atom. The Balaban J connectivity index is 1.57. The highest BCUT2D eigenvalue weighted by molar-refractivity contribution is 9.10. The summed E-state index contributed by atoms with van der Waals surface area (Å²) in [7, 11) is -0.592. The predicted octanol–water partition coefficient (Wildman–Crippen LogP) is 2.16. The number of sulfonamides is 1. The van der Waals surface area contributed by atoms with Gasteiger partial charge in [0.2, 0.25) is 15.9 Å². The number of nitrogens with zero attached hydrogens (tertiary/aromatic N) is 4. The van der Waals surface area contributed by atoms with Crippen molar-refractivity contribution in [3.05, 3.63) is 46.6 Å². The molecule has 1 saturated heterocycles. The molecule has 10 heteroatoms. The van der Waals surface area contributed by atoms with Crippen LogP contribution in [0.2, 0.25) is 0 Å². The van der Waals surface area contributed by atoms with Crippen LogP contribution in [0, 0.1) is 6.92 Å². The van der Waals surface area contributed by atoms with Crippen molar-refractivity contribution >= 4 is 43.4 Å². The van der Waals surface area contributed by atoms with Crippen molar-refractivity contribution in [2.45, 2.75) is 11.8 Å². The predicted molar refractivity (Wildman–Crippen MR) is 121 cm³/mol. The summed E-state index contributed by atoms with van der Waals surface area (Å²) in [6.45, 7) is 5.07. The van der Waals surface area contributed by atoms with E-state index in [1.165, 1.54) is 24.5 Å². The molecule has 1 aliphatic rings. The van der Waals surface area contributed by atoms with E-state index in [0.717, 1.165) is 36.5 Å². The van der Waals surface area contributed by atoms with Gasteiger partial charge in [-0.2, -0.15) is 0 Å². The van der Waals surface area contributed by atoms with Gasteiger partial charge in [-0.25, -0.2) is 17.7 Å². The van der Waals surface area contributed by atoms with Gasteiger partial charge in [0.1, 0.15) is 5.82 Å². The second-order valence-electron chi connectivity index (χ2n) is 7.41. The summed E-state index contributed by atoms with van der Waals surface area (Å²) in [6, 6.07) is 8.88. The SMILES string of the molecule is Cc1ccc(NC(=O)CN2CCN(c3ccc(Br)cn3)CC2)cc1S(=O)(=O)N(C)C. The maximum Gasteiger partial charge on any atom is 0.242 e. The molecule has 0 atom stereocenters. The minimum Gasteiger partial charge on any atom is -0.354 e. The Bertz CT molecular complexity index is 1000. The van der Waals surface area contributed by atoms with Gasteiger partial charge < -0.3 is 10.2 Å². The number of rotatable bonds is 6. The Hall–Kier alpha value is -2.01. The monoisotopic (exact) mass is 495 g/mol. The first kappa shape index (κ1) is 22.7. The Morgan fingerprint density at radius 2 is 1.87 bits per heavy atom. The van der Waals surface area contributed by atoms with Crippen LogP contribution < -0.4 is 10.2 Å². The zero-order chi connectivity index (χ0) is 21.9. The average Bonchev–Trinajstić information content (AvgIpc) is 2.70. The van der Waals surface area contributed by atoms with Crippen molar-refractivity contribution < 1.29 is 13.2 Å².